The standard InChI is InChI=1S/C27H37ClN6O/c1-21(2)29-25-9-16-34(30-25)26(35)32-17-11-27(12-18-32)10-6-15-33(27)20-22-7-8-23(28)19-24(22)31-13-4-3-5-14-31/h7-9,16,19H,1,3-6,10-15,17-18,20H2,2H3,(H,29,30). The SMILES string of the molecule is C=C(C)Nc1ccn(C(=O)N2CCC3(CCCN3Cc3ccc(Cl)cc3N3CCCCC3)CC2)n1. The van der Waals surface area contributed by atoms with Crippen LogP contribution in [0.3, 0.4) is 0 Å². The van der Waals surface area contributed by atoms with Crippen LogP contribution in [0.2, 0.25) is 5.02 Å². The summed E-state index contributed by atoms with van der Waals surface area (Å²) in [5, 5.41) is 8.26. The third-order valence-corrected chi connectivity index (χ3v) is 8.17. The number of aromatic nitrogens is 2. The second kappa shape index (κ2) is 10.2. The minimum atomic E-state index is -0.0516. The fraction of sp³-hybridized carbons (Fsp3) is 0.556. The monoisotopic (exact) mass is 496 g/mol. The first kappa shape index (κ1) is 24.2. The molecule has 3 saturated heterocycles. The summed E-state index contributed by atoms with van der Waals surface area (Å²) in [5.41, 5.74) is 3.66. The van der Waals surface area contributed by atoms with Gasteiger partial charge < -0.3 is 15.1 Å². The highest BCUT2D eigenvalue weighted by Gasteiger charge is 2.44. The van der Waals surface area contributed by atoms with E-state index in [0.29, 0.717) is 5.82 Å². The van der Waals surface area contributed by atoms with Crippen LogP contribution in [0.4, 0.5) is 16.3 Å². The molecule has 0 aliphatic carbocycles. The van der Waals surface area contributed by atoms with Crippen molar-refractivity contribution in [3.63, 3.8) is 0 Å². The quantitative estimate of drug-likeness (QED) is 0.586. The topological polar surface area (TPSA) is 56.6 Å². The summed E-state index contributed by atoms with van der Waals surface area (Å²) >= 11 is 6.42. The van der Waals surface area contributed by atoms with Crippen LogP contribution in [-0.2, 0) is 6.54 Å². The van der Waals surface area contributed by atoms with Gasteiger partial charge in [0.1, 0.15) is 0 Å². The number of nitrogens with zero attached hydrogens (tertiary/aromatic N) is 5. The van der Waals surface area contributed by atoms with Crippen LogP contribution in [0.15, 0.2) is 42.7 Å². The maximum atomic E-state index is 13.1. The van der Waals surface area contributed by atoms with E-state index in [9.17, 15) is 4.79 Å². The Balaban J connectivity index is 1.26. The predicted octanol–water partition coefficient (Wildman–Crippen LogP) is 5.57. The van der Waals surface area contributed by atoms with Crippen molar-refractivity contribution in [2.75, 3.05) is 42.9 Å². The first-order valence-electron chi connectivity index (χ1n) is 13.0. The van der Waals surface area contributed by atoms with E-state index in [2.05, 4.69) is 38.9 Å². The van der Waals surface area contributed by atoms with Crippen LogP contribution in [0, 0.1) is 0 Å². The zero-order valence-corrected chi connectivity index (χ0v) is 21.6. The van der Waals surface area contributed by atoms with Crippen LogP contribution in [-0.4, -0.2) is 63.9 Å². The summed E-state index contributed by atoms with van der Waals surface area (Å²) in [5.74, 6) is 0.647. The first-order chi connectivity index (χ1) is 16.9. The van der Waals surface area contributed by atoms with Gasteiger partial charge in [0.15, 0.2) is 5.82 Å². The van der Waals surface area contributed by atoms with Crippen LogP contribution in [0.1, 0.15) is 57.4 Å². The number of halogens is 1. The highest BCUT2D eigenvalue weighted by molar-refractivity contribution is 6.30. The number of hydrogen-bond donors (Lipinski definition) is 1. The lowest BCUT2D eigenvalue weighted by Crippen LogP contribution is -2.53. The number of allylic oxidation sites excluding steroid dienone is 1. The number of nitrogens with one attached hydrogen (secondary N) is 1. The second-order valence-corrected chi connectivity index (χ2v) is 10.8. The largest absolute Gasteiger partial charge is 0.371 e. The maximum absolute atomic E-state index is 13.1. The Morgan fingerprint density at radius 2 is 1.83 bits per heavy atom. The number of hydrogen-bond acceptors (Lipinski definition) is 5. The van der Waals surface area contributed by atoms with Gasteiger partial charge in [-0.25, -0.2) is 4.79 Å². The molecule has 0 atom stereocenters. The van der Waals surface area contributed by atoms with Crippen molar-refractivity contribution >= 4 is 29.1 Å². The van der Waals surface area contributed by atoms with Crippen molar-refractivity contribution in [3.8, 4) is 0 Å². The Morgan fingerprint density at radius 3 is 2.57 bits per heavy atom. The van der Waals surface area contributed by atoms with E-state index in [4.69, 9.17) is 11.6 Å². The molecule has 35 heavy (non-hydrogen) atoms. The summed E-state index contributed by atoms with van der Waals surface area (Å²) in [6.45, 7) is 11.5. The fourth-order valence-electron chi connectivity index (χ4n) is 6.09. The van der Waals surface area contributed by atoms with Crippen LogP contribution in [0.25, 0.3) is 0 Å². The van der Waals surface area contributed by atoms with Gasteiger partial charge in [-0.15, -0.1) is 5.10 Å². The normalized spacial score (nSPS) is 20.4. The molecule has 0 bridgehead atoms. The molecule has 1 amide bonds. The molecular weight excluding hydrogens is 460 g/mol. The van der Waals surface area contributed by atoms with Gasteiger partial charge in [0.2, 0.25) is 0 Å². The van der Waals surface area contributed by atoms with E-state index in [0.717, 1.165) is 62.8 Å². The number of carbonyl (C=O) groups excluding carboxylic acids is 1. The molecule has 7 nitrogen and oxygen atoms in total. The number of amides is 1. The minimum Gasteiger partial charge on any atom is -0.371 e. The molecular formula is C27H37ClN6O. The van der Waals surface area contributed by atoms with Crippen LogP contribution in [0.5, 0.6) is 0 Å². The van der Waals surface area contributed by atoms with Crippen molar-refractivity contribution in [3.05, 3.63) is 53.3 Å². The van der Waals surface area contributed by atoms with Crippen LogP contribution < -0.4 is 10.2 Å². The van der Waals surface area contributed by atoms with Gasteiger partial charge in [-0.2, -0.15) is 4.68 Å². The molecule has 0 saturated carbocycles. The van der Waals surface area contributed by atoms with Gasteiger partial charge in [0.05, 0.1) is 0 Å². The van der Waals surface area contributed by atoms with Gasteiger partial charge in [-0.3, -0.25) is 4.90 Å². The summed E-state index contributed by atoms with van der Waals surface area (Å²) in [7, 11) is 0. The van der Waals surface area contributed by atoms with E-state index in [1.165, 1.54) is 48.0 Å². The molecule has 188 valence electrons. The molecule has 1 aromatic heterocycles. The van der Waals surface area contributed by atoms with Crippen molar-refractivity contribution < 1.29 is 4.79 Å². The average Bonchev–Trinajstić information content (AvgIpc) is 3.47. The summed E-state index contributed by atoms with van der Waals surface area (Å²) in [6, 6.07) is 8.18. The number of rotatable bonds is 5. The third kappa shape index (κ3) is 5.21. The van der Waals surface area contributed by atoms with Gasteiger partial charge in [0.25, 0.3) is 0 Å². The van der Waals surface area contributed by atoms with Crippen LogP contribution >= 0.6 is 11.6 Å². The van der Waals surface area contributed by atoms with Gasteiger partial charge in [-0.1, -0.05) is 24.2 Å². The Kier molecular flexibility index (Phi) is 7.07. The second-order valence-electron chi connectivity index (χ2n) is 10.4. The summed E-state index contributed by atoms with van der Waals surface area (Å²) < 4.78 is 1.44. The van der Waals surface area contributed by atoms with Crippen molar-refractivity contribution in [2.24, 2.45) is 0 Å². The number of carbonyl (C=O) groups is 1. The molecule has 3 aliphatic heterocycles. The Labute approximate surface area is 213 Å². The molecule has 8 heteroatoms. The highest BCUT2D eigenvalue weighted by atomic mass is 35.5. The van der Waals surface area contributed by atoms with Crippen molar-refractivity contribution in [1.82, 2.24) is 19.6 Å². The average molecular weight is 497 g/mol. The molecule has 1 N–H and O–H groups in total. The maximum Gasteiger partial charge on any atom is 0.344 e. The zero-order valence-electron chi connectivity index (χ0n) is 20.8. The Bertz CT molecular complexity index is 1070. The third-order valence-electron chi connectivity index (χ3n) is 7.94. The predicted molar refractivity (Wildman–Crippen MR) is 142 cm³/mol. The number of anilines is 2. The number of benzene rings is 1. The van der Waals surface area contributed by atoms with E-state index in [1.54, 1.807) is 6.20 Å². The van der Waals surface area contributed by atoms with E-state index >= 15 is 0 Å². The molecule has 3 aliphatic rings. The fourth-order valence-corrected chi connectivity index (χ4v) is 6.25. The molecule has 3 fully saturated rings. The lowest BCUT2D eigenvalue weighted by atomic mass is 9.84. The smallest absolute Gasteiger partial charge is 0.344 e. The summed E-state index contributed by atoms with van der Waals surface area (Å²) in [4.78, 5) is 20.2. The molecule has 5 rings (SSSR count). The molecule has 2 aromatic rings. The molecule has 1 spiro atoms. The lowest BCUT2D eigenvalue weighted by molar-refractivity contribution is 0.0585. The van der Waals surface area contributed by atoms with Gasteiger partial charge in [-0.05, 0) is 76.1 Å². The van der Waals surface area contributed by atoms with E-state index < -0.39 is 0 Å². The Hall–Kier alpha value is -2.51. The molecule has 1 aromatic carbocycles. The molecule has 4 heterocycles. The van der Waals surface area contributed by atoms with Gasteiger partial charge >= 0.3 is 6.03 Å². The summed E-state index contributed by atoms with van der Waals surface area (Å²) in [6.07, 6.45) is 9.98. The minimum absolute atomic E-state index is 0.0516. The van der Waals surface area contributed by atoms with Crippen molar-refractivity contribution in [1.29, 1.82) is 0 Å². The lowest BCUT2D eigenvalue weighted by Gasteiger charge is -2.45. The zero-order chi connectivity index (χ0) is 24.4. The molecule has 0 unspecified atom stereocenters. The highest BCUT2D eigenvalue weighted by Crippen LogP contribution is 2.41. The van der Waals surface area contributed by atoms with Crippen molar-refractivity contribution in [2.45, 2.75) is 64.0 Å². The first-order valence-corrected chi connectivity index (χ1v) is 13.4. The Morgan fingerprint density at radius 1 is 1.06 bits per heavy atom. The van der Waals surface area contributed by atoms with E-state index in [-0.39, 0.29) is 11.6 Å². The van der Waals surface area contributed by atoms with E-state index in [1.807, 2.05) is 24.0 Å². The molecule has 0 radical (unpaired) electrons. The number of likely N-dealkylation sites (tertiary alicyclic amines) is 2. The number of piperidine rings is 2. The van der Waals surface area contributed by atoms with Gasteiger partial charge in [0, 0.05) is 66.9 Å².